The van der Waals surface area contributed by atoms with E-state index in [1.54, 1.807) is 25.4 Å². The molecule has 0 spiro atoms. The molecular weight excluding hydrogens is 422 g/mol. The number of anilines is 2. The van der Waals surface area contributed by atoms with Gasteiger partial charge in [-0.1, -0.05) is 0 Å². The van der Waals surface area contributed by atoms with Crippen LogP contribution in [0, 0.1) is 0 Å². The number of rotatable bonds is 5. The van der Waals surface area contributed by atoms with Crippen molar-refractivity contribution in [2.24, 2.45) is 7.05 Å². The van der Waals surface area contributed by atoms with Crippen LogP contribution >= 0.6 is 0 Å². The Labute approximate surface area is 190 Å². The molecule has 0 unspecified atom stereocenters. The van der Waals surface area contributed by atoms with Crippen LogP contribution in [0.25, 0.3) is 22.6 Å². The molecule has 1 aromatic carbocycles. The summed E-state index contributed by atoms with van der Waals surface area (Å²) in [6.45, 7) is 2.55. The van der Waals surface area contributed by atoms with E-state index in [2.05, 4.69) is 25.2 Å². The predicted octanol–water partition coefficient (Wildman–Crippen LogP) is 2.52. The Morgan fingerprint density at radius 2 is 1.88 bits per heavy atom. The third kappa shape index (κ3) is 4.08. The van der Waals surface area contributed by atoms with Crippen LogP contribution in [0.5, 0.6) is 5.75 Å². The summed E-state index contributed by atoms with van der Waals surface area (Å²) in [6.07, 6.45) is 3.12. The van der Waals surface area contributed by atoms with Crippen LogP contribution in [0.3, 0.4) is 0 Å². The average molecular weight is 445 g/mol. The van der Waals surface area contributed by atoms with Crippen molar-refractivity contribution < 1.29 is 14.3 Å². The van der Waals surface area contributed by atoms with E-state index >= 15 is 0 Å². The lowest BCUT2D eigenvalue weighted by Gasteiger charge is -2.28. The topological polar surface area (TPSA) is 107 Å². The van der Waals surface area contributed by atoms with E-state index in [0.717, 1.165) is 17.1 Å². The number of carbonyl (C=O) groups is 1. The van der Waals surface area contributed by atoms with Gasteiger partial charge in [-0.15, -0.1) is 0 Å². The smallest absolute Gasteiger partial charge is 0.259 e. The molecule has 3 aromatic heterocycles. The molecule has 1 aliphatic rings. The molecule has 33 heavy (non-hydrogen) atoms. The van der Waals surface area contributed by atoms with E-state index in [4.69, 9.17) is 14.5 Å². The number of methoxy groups -OCH3 is 1. The number of nitrogens with one attached hydrogen (secondary N) is 1. The molecule has 5 rings (SSSR count). The number of morpholine rings is 1. The number of hydrogen-bond acceptors (Lipinski definition) is 8. The maximum atomic E-state index is 12.7. The summed E-state index contributed by atoms with van der Waals surface area (Å²) in [4.78, 5) is 33.0. The van der Waals surface area contributed by atoms with Crippen molar-refractivity contribution in [1.82, 2.24) is 24.5 Å². The Balaban J connectivity index is 1.60. The van der Waals surface area contributed by atoms with Crippen LogP contribution in [-0.4, -0.2) is 63.8 Å². The number of carbonyl (C=O) groups excluding carboxylic acids is 1. The van der Waals surface area contributed by atoms with Gasteiger partial charge >= 0.3 is 0 Å². The lowest BCUT2D eigenvalue weighted by atomic mass is 10.2. The van der Waals surface area contributed by atoms with Gasteiger partial charge in [0.25, 0.3) is 5.91 Å². The van der Waals surface area contributed by atoms with Crippen molar-refractivity contribution in [2.45, 2.75) is 0 Å². The standard InChI is InChI=1S/C23H23N7O3/c1-29-19(15-5-7-17(32-2)8-6-15)25-18-20(29)26-23(27-21(18)30-10-12-33-13-11-30)28-22(31)16-4-3-9-24-14-16/h3-9,14H,10-13H2,1-2H3,(H,26,27,28,31). The van der Waals surface area contributed by atoms with Gasteiger partial charge in [-0.2, -0.15) is 9.97 Å². The maximum absolute atomic E-state index is 12.7. The summed E-state index contributed by atoms with van der Waals surface area (Å²) < 4.78 is 12.7. The molecule has 1 aliphatic heterocycles. The number of hydrogen-bond donors (Lipinski definition) is 1. The summed E-state index contributed by atoms with van der Waals surface area (Å²) in [5.41, 5.74) is 2.65. The first-order valence-electron chi connectivity index (χ1n) is 10.6. The minimum absolute atomic E-state index is 0.210. The van der Waals surface area contributed by atoms with Crippen LogP contribution in [0.15, 0.2) is 48.8 Å². The quantitative estimate of drug-likeness (QED) is 0.499. The Kier molecular flexibility index (Phi) is 5.57. The average Bonchev–Trinajstić information content (AvgIpc) is 3.21. The van der Waals surface area contributed by atoms with Crippen molar-refractivity contribution >= 4 is 28.8 Å². The van der Waals surface area contributed by atoms with Crippen molar-refractivity contribution in [3.05, 3.63) is 54.4 Å². The monoisotopic (exact) mass is 445 g/mol. The maximum Gasteiger partial charge on any atom is 0.259 e. The van der Waals surface area contributed by atoms with Gasteiger partial charge < -0.3 is 18.9 Å². The Hall–Kier alpha value is -4.05. The summed E-state index contributed by atoms with van der Waals surface area (Å²) in [7, 11) is 3.54. The van der Waals surface area contributed by atoms with E-state index in [1.807, 2.05) is 35.9 Å². The molecule has 10 nitrogen and oxygen atoms in total. The number of amides is 1. The number of nitrogens with zero attached hydrogens (tertiary/aromatic N) is 6. The summed E-state index contributed by atoms with van der Waals surface area (Å²) in [5.74, 6) is 2.06. The van der Waals surface area contributed by atoms with E-state index in [0.29, 0.717) is 48.8 Å². The number of benzene rings is 1. The van der Waals surface area contributed by atoms with Crippen molar-refractivity contribution in [3.8, 4) is 17.1 Å². The minimum atomic E-state index is -0.326. The molecule has 1 saturated heterocycles. The SMILES string of the molecule is COc1ccc(-c2nc3c(N4CCOCC4)nc(NC(=O)c4cccnc4)nc3n2C)cc1. The fraction of sp³-hybridized carbons (Fsp3) is 0.261. The van der Waals surface area contributed by atoms with Gasteiger partial charge in [-0.3, -0.25) is 15.1 Å². The second-order valence-corrected chi connectivity index (χ2v) is 7.56. The van der Waals surface area contributed by atoms with Crippen LogP contribution in [-0.2, 0) is 11.8 Å². The van der Waals surface area contributed by atoms with E-state index in [1.165, 1.54) is 6.20 Å². The Morgan fingerprint density at radius 1 is 1.09 bits per heavy atom. The lowest BCUT2D eigenvalue weighted by Crippen LogP contribution is -2.37. The van der Waals surface area contributed by atoms with Crippen molar-refractivity contribution in [2.75, 3.05) is 43.6 Å². The molecule has 10 heteroatoms. The van der Waals surface area contributed by atoms with Gasteiger partial charge in [-0.25, -0.2) is 4.98 Å². The molecule has 1 N–H and O–H groups in total. The normalized spacial score (nSPS) is 13.8. The highest BCUT2D eigenvalue weighted by Crippen LogP contribution is 2.30. The molecular formula is C23H23N7O3. The number of pyridine rings is 1. The lowest BCUT2D eigenvalue weighted by molar-refractivity contribution is 0.102. The largest absolute Gasteiger partial charge is 0.497 e. The minimum Gasteiger partial charge on any atom is -0.497 e. The molecule has 1 amide bonds. The first-order chi connectivity index (χ1) is 16.1. The Morgan fingerprint density at radius 3 is 2.58 bits per heavy atom. The molecule has 4 heterocycles. The van der Waals surface area contributed by atoms with Gasteiger partial charge in [0.15, 0.2) is 17.0 Å². The van der Waals surface area contributed by atoms with E-state index in [9.17, 15) is 4.79 Å². The first kappa shape index (κ1) is 20.8. The highest BCUT2D eigenvalue weighted by molar-refractivity contribution is 6.03. The zero-order valence-electron chi connectivity index (χ0n) is 18.4. The molecule has 0 bridgehead atoms. The number of ether oxygens (including phenoxy) is 2. The highest BCUT2D eigenvalue weighted by Gasteiger charge is 2.23. The Bertz CT molecular complexity index is 1280. The molecule has 0 aliphatic carbocycles. The predicted molar refractivity (Wildman–Crippen MR) is 124 cm³/mol. The molecule has 168 valence electrons. The van der Waals surface area contributed by atoms with E-state index in [-0.39, 0.29) is 11.9 Å². The number of aryl methyl sites for hydroxylation is 1. The number of fused-ring (bicyclic) bond motifs is 1. The fourth-order valence-corrected chi connectivity index (χ4v) is 3.77. The van der Waals surface area contributed by atoms with Crippen LogP contribution in [0.4, 0.5) is 11.8 Å². The fourth-order valence-electron chi connectivity index (χ4n) is 3.77. The second kappa shape index (κ2) is 8.83. The van der Waals surface area contributed by atoms with Gasteiger partial charge in [-0.05, 0) is 36.4 Å². The third-order valence-corrected chi connectivity index (χ3v) is 5.51. The van der Waals surface area contributed by atoms with Crippen LogP contribution in [0.1, 0.15) is 10.4 Å². The van der Waals surface area contributed by atoms with Gasteiger partial charge in [0.2, 0.25) is 5.95 Å². The zero-order chi connectivity index (χ0) is 22.8. The molecule has 0 radical (unpaired) electrons. The third-order valence-electron chi connectivity index (χ3n) is 5.51. The second-order valence-electron chi connectivity index (χ2n) is 7.56. The van der Waals surface area contributed by atoms with Gasteiger partial charge in [0, 0.05) is 38.1 Å². The number of imidazole rings is 1. The summed E-state index contributed by atoms with van der Waals surface area (Å²) in [6, 6.07) is 11.1. The van der Waals surface area contributed by atoms with Crippen LogP contribution < -0.4 is 15.0 Å². The zero-order valence-corrected chi connectivity index (χ0v) is 18.4. The molecule has 0 atom stereocenters. The summed E-state index contributed by atoms with van der Waals surface area (Å²) in [5, 5.41) is 2.80. The van der Waals surface area contributed by atoms with Crippen molar-refractivity contribution in [3.63, 3.8) is 0 Å². The summed E-state index contributed by atoms with van der Waals surface area (Å²) >= 11 is 0. The van der Waals surface area contributed by atoms with Gasteiger partial charge in [0.05, 0.1) is 25.9 Å². The molecule has 1 fully saturated rings. The van der Waals surface area contributed by atoms with Gasteiger partial charge in [0.1, 0.15) is 11.6 Å². The molecule has 0 saturated carbocycles. The van der Waals surface area contributed by atoms with Crippen molar-refractivity contribution in [1.29, 1.82) is 0 Å². The highest BCUT2D eigenvalue weighted by atomic mass is 16.5. The first-order valence-corrected chi connectivity index (χ1v) is 10.6. The number of aromatic nitrogens is 5. The van der Waals surface area contributed by atoms with Crippen LogP contribution in [0.2, 0.25) is 0 Å². The molecule has 4 aromatic rings. The van der Waals surface area contributed by atoms with E-state index < -0.39 is 0 Å².